The SMILES string of the molecule is CC(NC(=O)c1cncc(C(=O)Nc2ccccc2)c1)c1ccccc1. The Balaban J connectivity index is 1.70. The summed E-state index contributed by atoms with van der Waals surface area (Å²) in [6.07, 6.45) is 2.89. The van der Waals surface area contributed by atoms with Gasteiger partial charge in [0.15, 0.2) is 0 Å². The van der Waals surface area contributed by atoms with Crippen molar-refractivity contribution in [1.29, 1.82) is 0 Å². The molecule has 2 amide bonds. The van der Waals surface area contributed by atoms with Crippen molar-refractivity contribution in [3.05, 3.63) is 95.8 Å². The second-order valence-corrected chi connectivity index (χ2v) is 5.89. The van der Waals surface area contributed by atoms with Crippen molar-refractivity contribution >= 4 is 17.5 Å². The third-order valence-corrected chi connectivity index (χ3v) is 3.94. The Morgan fingerprint density at radius 2 is 1.42 bits per heavy atom. The quantitative estimate of drug-likeness (QED) is 0.738. The van der Waals surface area contributed by atoms with Crippen molar-refractivity contribution in [3.63, 3.8) is 0 Å². The van der Waals surface area contributed by atoms with Crippen LogP contribution >= 0.6 is 0 Å². The summed E-state index contributed by atoms with van der Waals surface area (Å²) in [5.74, 6) is -0.585. The molecule has 5 heteroatoms. The van der Waals surface area contributed by atoms with Crippen LogP contribution in [-0.4, -0.2) is 16.8 Å². The largest absolute Gasteiger partial charge is 0.345 e. The number of nitrogens with one attached hydrogen (secondary N) is 2. The Morgan fingerprint density at radius 3 is 2.08 bits per heavy atom. The minimum absolute atomic E-state index is 0.148. The lowest BCUT2D eigenvalue weighted by Crippen LogP contribution is -2.27. The molecule has 2 N–H and O–H groups in total. The minimum atomic E-state index is -0.311. The van der Waals surface area contributed by atoms with Crippen LogP contribution in [0.4, 0.5) is 5.69 Å². The lowest BCUT2D eigenvalue weighted by atomic mass is 10.1. The zero-order valence-electron chi connectivity index (χ0n) is 14.3. The van der Waals surface area contributed by atoms with E-state index in [1.54, 1.807) is 18.2 Å². The Hall–Kier alpha value is -3.47. The van der Waals surface area contributed by atoms with Crippen LogP contribution < -0.4 is 10.6 Å². The maximum absolute atomic E-state index is 12.5. The number of aromatic nitrogens is 1. The number of amides is 2. The number of rotatable bonds is 5. The lowest BCUT2D eigenvalue weighted by Gasteiger charge is -2.14. The van der Waals surface area contributed by atoms with Gasteiger partial charge in [-0.25, -0.2) is 0 Å². The summed E-state index contributed by atoms with van der Waals surface area (Å²) in [7, 11) is 0. The molecule has 0 saturated heterocycles. The van der Waals surface area contributed by atoms with Crippen LogP contribution in [0, 0.1) is 0 Å². The van der Waals surface area contributed by atoms with Gasteiger partial charge in [0.1, 0.15) is 0 Å². The number of nitrogens with zero attached hydrogens (tertiary/aromatic N) is 1. The predicted molar refractivity (Wildman–Crippen MR) is 101 cm³/mol. The number of carbonyl (C=O) groups is 2. The summed E-state index contributed by atoms with van der Waals surface area (Å²) in [5.41, 5.74) is 2.36. The minimum Gasteiger partial charge on any atom is -0.345 e. The Morgan fingerprint density at radius 1 is 0.846 bits per heavy atom. The number of hydrogen-bond acceptors (Lipinski definition) is 3. The van der Waals surface area contributed by atoms with Crippen LogP contribution in [0.2, 0.25) is 0 Å². The summed E-state index contributed by atoms with van der Waals surface area (Å²) in [4.78, 5) is 28.9. The highest BCUT2D eigenvalue weighted by molar-refractivity contribution is 6.05. The molecule has 130 valence electrons. The summed E-state index contributed by atoms with van der Waals surface area (Å²) in [5, 5.41) is 5.70. The van der Waals surface area contributed by atoms with Gasteiger partial charge in [0, 0.05) is 18.1 Å². The van der Waals surface area contributed by atoms with E-state index in [1.807, 2.05) is 55.5 Å². The second kappa shape index (κ2) is 8.07. The zero-order chi connectivity index (χ0) is 18.4. The van der Waals surface area contributed by atoms with E-state index in [4.69, 9.17) is 0 Å². The maximum atomic E-state index is 12.5. The molecule has 0 radical (unpaired) electrons. The van der Waals surface area contributed by atoms with Gasteiger partial charge in [-0.1, -0.05) is 48.5 Å². The van der Waals surface area contributed by atoms with E-state index in [-0.39, 0.29) is 17.9 Å². The molecule has 0 aliphatic rings. The number of hydrogen-bond donors (Lipinski definition) is 2. The highest BCUT2D eigenvalue weighted by Gasteiger charge is 2.14. The molecule has 0 saturated carbocycles. The third kappa shape index (κ3) is 4.33. The molecule has 0 spiro atoms. The average Bonchev–Trinajstić information content (AvgIpc) is 2.69. The number of benzene rings is 2. The van der Waals surface area contributed by atoms with Crippen molar-refractivity contribution in [2.45, 2.75) is 13.0 Å². The number of carbonyl (C=O) groups excluding carboxylic acids is 2. The first kappa shape index (κ1) is 17.4. The van der Waals surface area contributed by atoms with Gasteiger partial charge < -0.3 is 10.6 Å². The van der Waals surface area contributed by atoms with Crippen LogP contribution in [0.15, 0.2) is 79.1 Å². The molecule has 2 aromatic carbocycles. The lowest BCUT2D eigenvalue weighted by molar-refractivity contribution is 0.0939. The molecule has 0 fully saturated rings. The standard InChI is InChI=1S/C21H19N3O2/c1-15(16-8-4-2-5-9-16)23-20(25)17-12-18(14-22-13-17)21(26)24-19-10-6-3-7-11-19/h2-15H,1H3,(H,23,25)(H,24,26). The van der Waals surface area contributed by atoms with Crippen LogP contribution in [0.3, 0.4) is 0 Å². The van der Waals surface area contributed by atoms with Crippen molar-refractivity contribution in [1.82, 2.24) is 10.3 Å². The molecule has 1 heterocycles. The molecule has 3 aromatic rings. The molecule has 1 unspecified atom stereocenters. The van der Waals surface area contributed by atoms with E-state index in [0.29, 0.717) is 16.8 Å². The molecule has 0 aliphatic carbocycles. The molecular weight excluding hydrogens is 326 g/mol. The van der Waals surface area contributed by atoms with E-state index in [1.165, 1.54) is 12.4 Å². The van der Waals surface area contributed by atoms with E-state index in [0.717, 1.165) is 5.56 Å². The highest BCUT2D eigenvalue weighted by atomic mass is 16.2. The van der Waals surface area contributed by atoms with Crippen molar-refractivity contribution in [2.24, 2.45) is 0 Å². The number of pyridine rings is 1. The summed E-state index contributed by atoms with van der Waals surface area (Å²) in [6, 6.07) is 20.2. The van der Waals surface area contributed by atoms with Gasteiger partial charge in [-0.3, -0.25) is 14.6 Å². The molecular formula is C21H19N3O2. The van der Waals surface area contributed by atoms with Gasteiger partial charge in [0.2, 0.25) is 0 Å². The van der Waals surface area contributed by atoms with Crippen LogP contribution in [0.1, 0.15) is 39.2 Å². The van der Waals surface area contributed by atoms with Crippen LogP contribution in [-0.2, 0) is 0 Å². The first-order chi connectivity index (χ1) is 12.6. The van der Waals surface area contributed by atoms with Crippen LogP contribution in [0.5, 0.6) is 0 Å². The topological polar surface area (TPSA) is 71.1 Å². The fourth-order valence-electron chi connectivity index (χ4n) is 2.52. The Labute approximate surface area is 152 Å². The number of para-hydroxylation sites is 1. The molecule has 1 aromatic heterocycles. The van der Waals surface area contributed by atoms with E-state index in [9.17, 15) is 9.59 Å². The zero-order valence-corrected chi connectivity index (χ0v) is 14.3. The molecule has 5 nitrogen and oxygen atoms in total. The van der Waals surface area contributed by atoms with Gasteiger partial charge >= 0.3 is 0 Å². The molecule has 3 rings (SSSR count). The monoisotopic (exact) mass is 345 g/mol. The van der Waals surface area contributed by atoms with Gasteiger partial charge in [-0.2, -0.15) is 0 Å². The first-order valence-electron chi connectivity index (χ1n) is 8.31. The van der Waals surface area contributed by atoms with Gasteiger partial charge in [0.05, 0.1) is 17.2 Å². The Kier molecular flexibility index (Phi) is 5.39. The summed E-state index contributed by atoms with van der Waals surface area (Å²) >= 11 is 0. The van der Waals surface area contributed by atoms with Crippen molar-refractivity contribution in [2.75, 3.05) is 5.32 Å². The van der Waals surface area contributed by atoms with E-state index >= 15 is 0 Å². The highest BCUT2D eigenvalue weighted by Crippen LogP contribution is 2.13. The fraction of sp³-hybridized carbons (Fsp3) is 0.0952. The summed E-state index contributed by atoms with van der Waals surface area (Å²) < 4.78 is 0. The smallest absolute Gasteiger partial charge is 0.257 e. The second-order valence-electron chi connectivity index (χ2n) is 5.89. The third-order valence-electron chi connectivity index (χ3n) is 3.94. The van der Waals surface area contributed by atoms with Crippen molar-refractivity contribution < 1.29 is 9.59 Å². The first-order valence-corrected chi connectivity index (χ1v) is 8.31. The fourth-order valence-corrected chi connectivity index (χ4v) is 2.52. The van der Waals surface area contributed by atoms with E-state index in [2.05, 4.69) is 15.6 Å². The molecule has 26 heavy (non-hydrogen) atoms. The average molecular weight is 345 g/mol. The van der Waals surface area contributed by atoms with Gasteiger partial charge in [-0.05, 0) is 30.7 Å². The molecule has 1 atom stereocenters. The normalized spacial score (nSPS) is 11.4. The van der Waals surface area contributed by atoms with Crippen molar-refractivity contribution in [3.8, 4) is 0 Å². The Bertz CT molecular complexity index is 895. The summed E-state index contributed by atoms with van der Waals surface area (Å²) in [6.45, 7) is 1.91. The van der Waals surface area contributed by atoms with Gasteiger partial charge in [-0.15, -0.1) is 0 Å². The molecule has 0 bridgehead atoms. The molecule has 0 aliphatic heterocycles. The number of anilines is 1. The van der Waals surface area contributed by atoms with Gasteiger partial charge in [0.25, 0.3) is 11.8 Å². The van der Waals surface area contributed by atoms with E-state index < -0.39 is 0 Å². The van der Waals surface area contributed by atoms with Crippen LogP contribution in [0.25, 0.3) is 0 Å². The maximum Gasteiger partial charge on any atom is 0.257 e. The predicted octanol–water partition coefficient (Wildman–Crippen LogP) is 3.82.